The van der Waals surface area contributed by atoms with Crippen LogP contribution in [0.15, 0.2) is 66.9 Å². The van der Waals surface area contributed by atoms with Crippen molar-refractivity contribution in [2.75, 3.05) is 17.7 Å². The van der Waals surface area contributed by atoms with Crippen LogP contribution in [0, 0.1) is 0 Å². The van der Waals surface area contributed by atoms with Gasteiger partial charge in [0.25, 0.3) is 5.91 Å². The number of carbonyl (C=O) groups excluding carboxylic acids is 1. The molecule has 0 aliphatic rings. The lowest BCUT2D eigenvalue weighted by atomic mass is 10.2. The summed E-state index contributed by atoms with van der Waals surface area (Å²) in [6.45, 7) is 0.574. The number of amides is 1. The lowest BCUT2D eigenvalue weighted by Gasteiger charge is -2.10. The summed E-state index contributed by atoms with van der Waals surface area (Å²) in [5.74, 6) is 1.25. The summed E-state index contributed by atoms with van der Waals surface area (Å²) in [5, 5.41) is 6.58. The van der Waals surface area contributed by atoms with E-state index in [1.807, 2.05) is 24.3 Å². The highest BCUT2D eigenvalue weighted by atomic mass is 35.5. The molecule has 0 atom stereocenters. The van der Waals surface area contributed by atoms with E-state index < -0.39 is 0 Å². The van der Waals surface area contributed by atoms with Gasteiger partial charge in [-0.3, -0.25) is 4.79 Å². The molecule has 6 heteroatoms. The number of hydrogen-bond acceptors (Lipinski definition) is 4. The van der Waals surface area contributed by atoms with E-state index in [1.54, 1.807) is 43.5 Å². The van der Waals surface area contributed by atoms with Crippen molar-refractivity contribution in [1.29, 1.82) is 0 Å². The molecule has 3 rings (SSSR count). The van der Waals surface area contributed by atoms with Gasteiger partial charge in [-0.05, 0) is 36.4 Å². The van der Waals surface area contributed by atoms with Crippen molar-refractivity contribution >= 4 is 29.0 Å². The largest absolute Gasteiger partial charge is 0.496 e. The molecule has 2 N–H and O–H groups in total. The van der Waals surface area contributed by atoms with Crippen molar-refractivity contribution < 1.29 is 9.53 Å². The summed E-state index contributed by atoms with van der Waals surface area (Å²) in [7, 11) is 1.64. The maximum atomic E-state index is 12.3. The topological polar surface area (TPSA) is 63.2 Å². The molecule has 0 radical (unpaired) electrons. The molecule has 1 aromatic heterocycles. The van der Waals surface area contributed by atoms with Crippen molar-refractivity contribution in [3.63, 3.8) is 0 Å². The van der Waals surface area contributed by atoms with Gasteiger partial charge in [-0.25, -0.2) is 4.98 Å². The molecule has 132 valence electrons. The van der Waals surface area contributed by atoms with Crippen LogP contribution in [0.25, 0.3) is 0 Å². The van der Waals surface area contributed by atoms with E-state index in [1.165, 1.54) is 6.20 Å². The molecule has 1 amide bonds. The van der Waals surface area contributed by atoms with Crippen molar-refractivity contribution in [1.82, 2.24) is 4.98 Å². The van der Waals surface area contributed by atoms with Gasteiger partial charge in [-0.2, -0.15) is 0 Å². The number of nitrogens with one attached hydrogen (secondary N) is 2. The van der Waals surface area contributed by atoms with E-state index in [0.29, 0.717) is 28.6 Å². The standard InChI is InChI=1S/C20H18ClN3O2/c1-26-18-8-3-2-5-14(18)12-22-19-10-9-15(13-23-19)20(25)24-17-7-4-6-16(21)11-17/h2-11,13H,12H2,1H3,(H,22,23)(H,24,25). The van der Waals surface area contributed by atoms with E-state index in [9.17, 15) is 4.79 Å². The molecule has 1 heterocycles. The van der Waals surface area contributed by atoms with Crippen LogP contribution in [0.2, 0.25) is 5.02 Å². The fourth-order valence-electron chi connectivity index (χ4n) is 2.44. The Hall–Kier alpha value is -3.05. The van der Waals surface area contributed by atoms with Gasteiger partial charge in [0.2, 0.25) is 0 Å². The minimum absolute atomic E-state index is 0.240. The van der Waals surface area contributed by atoms with Crippen LogP contribution < -0.4 is 15.4 Å². The first-order chi connectivity index (χ1) is 12.7. The molecular weight excluding hydrogens is 350 g/mol. The van der Waals surface area contributed by atoms with Crippen LogP contribution in [0.3, 0.4) is 0 Å². The van der Waals surface area contributed by atoms with Gasteiger partial charge in [0.1, 0.15) is 11.6 Å². The fourth-order valence-corrected chi connectivity index (χ4v) is 2.63. The molecular formula is C20H18ClN3O2. The Bertz CT molecular complexity index is 898. The average Bonchev–Trinajstić information content (AvgIpc) is 2.67. The number of halogens is 1. The third-order valence-electron chi connectivity index (χ3n) is 3.76. The molecule has 26 heavy (non-hydrogen) atoms. The molecule has 0 unspecified atom stereocenters. The number of anilines is 2. The minimum Gasteiger partial charge on any atom is -0.496 e. The zero-order valence-electron chi connectivity index (χ0n) is 14.2. The molecule has 0 saturated carbocycles. The van der Waals surface area contributed by atoms with Crippen LogP contribution in [0.4, 0.5) is 11.5 Å². The Morgan fingerprint density at radius 3 is 2.69 bits per heavy atom. The molecule has 0 spiro atoms. The number of rotatable bonds is 6. The van der Waals surface area contributed by atoms with Crippen LogP contribution >= 0.6 is 11.6 Å². The van der Waals surface area contributed by atoms with Gasteiger partial charge in [0, 0.05) is 29.0 Å². The molecule has 3 aromatic rings. The minimum atomic E-state index is -0.240. The highest BCUT2D eigenvalue weighted by molar-refractivity contribution is 6.30. The third kappa shape index (κ3) is 4.52. The summed E-state index contributed by atoms with van der Waals surface area (Å²) in [6, 6.07) is 18.3. The number of ether oxygens (including phenoxy) is 1. The first kappa shape index (κ1) is 17.8. The number of methoxy groups -OCH3 is 1. The third-order valence-corrected chi connectivity index (χ3v) is 4.00. The normalized spacial score (nSPS) is 10.2. The van der Waals surface area contributed by atoms with E-state index in [-0.39, 0.29) is 5.91 Å². The first-order valence-corrected chi connectivity index (χ1v) is 8.42. The quantitative estimate of drug-likeness (QED) is 0.668. The second kappa shape index (κ2) is 8.36. The second-order valence-corrected chi connectivity index (χ2v) is 6.00. The van der Waals surface area contributed by atoms with Crippen LogP contribution in [0.5, 0.6) is 5.75 Å². The van der Waals surface area contributed by atoms with Crippen LogP contribution in [-0.4, -0.2) is 18.0 Å². The van der Waals surface area contributed by atoms with Crippen molar-refractivity contribution in [3.8, 4) is 5.75 Å². The zero-order valence-corrected chi connectivity index (χ0v) is 15.0. The molecule has 5 nitrogen and oxygen atoms in total. The summed E-state index contributed by atoms with van der Waals surface area (Å²) < 4.78 is 5.33. The summed E-state index contributed by atoms with van der Waals surface area (Å²) in [6.07, 6.45) is 1.53. The lowest BCUT2D eigenvalue weighted by Crippen LogP contribution is -2.12. The van der Waals surface area contributed by atoms with Crippen molar-refractivity contribution in [2.45, 2.75) is 6.54 Å². The summed E-state index contributed by atoms with van der Waals surface area (Å²) >= 11 is 5.92. The summed E-state index contributed by atoms with van der Waals surface area (Å²) in [5.41, 5.74) is 2.13. The van der Waals surface area contributed by atoms with E-state index >= 15 is 0 Å². The number of hydrogen-bond donors (Lipinski definition) is 2. The SMILES string of the molecule is COc1ccccc1CNc1ccc(C(=O)Nc2cccc(Cl)c2)cn1. The maximum Gasteiger partial charge on any atom is 0.257 e. The average molecular weight is 368 g/mol. The summed E-state index contributed by atoms with van der Waals surface area (Å²) in [4.78, 5) is 16.6. The van der Waals surface area contributed by atoms with Crippen molar-refractivity contribution in [2.24, 2.45) is 0 Å². The number of carbonyl (C=O) groups is 1. The lowest BCUT2D eigenvalue weighted by molar-refractivity contribution is 0.102. The Morgan fingerprint density at radius 2 is 1.96 bits per heavy atom. The predicted octanol–water partition coefficient (Wildman–Crippen LogP) is 4.61. The first-order valence-electron chi connectivity index (χ1n) is 8.04. The Morgan fingerprint density at radius 1 is 1.12 bits per heavy atom. The van der Waals surface area contributed by atoms with Gasteiger partial charge in [-0.1, -0.05) is 35.9 Å². The monoisotopic (exact) mass is 367 g/mol. The maximum absolute atomic E-state index is 12.3. The van der Waals surface area contributed by atoms with Gasteiger partial charge in [-0.15, -0.1) is 0 Å². The van der Waals surface area contributed by atoms with Gasteiger partial charge < -0.3 is 15.4 Å². The number of nitrogens with zero attached hydrogens (tertiary/aromatic N) is 1. The predicted molar refractivity (Wildman–Crippen MR) is 104 cm³/mol. The Kier molecular flexibility index (Phi) is 5.71. The van der Waals surface area contributed by atoms with Crippen molar-refractivity contribution in [3.05, 3.63) is 83.0 Å². The molecule has 0 saturated heterocycles. The van der Waals surface area contributed by atoms with Gasteiger partial charge >= 0.3 is 0 Å². The smallest absolute Gasteiger partial charge is 0.257 e. The molecule has 0 aliphatic heterocycles. The number of para-hydroxylation sites is 1. The van der Waals surface area contributed by atoms with E-state index in [4.69, 9.17) is 16.3 Å². The van der Waals surface area contributed by atoms with Crippen LogP contribution in [0.1, 0.15) is 15.9 Å². The molecule has 0 aliphatic carbocycles. The Labute approximate surface area is 157 Å². The second-order valence-electron chi connectivity index (χ2n) is 5.56. The highest BCUT2D eigenvalue weighted by Crippen LogP contribution is 2.19. The Balaban J connectivity index is 1.62. The molecule has 0 bridgehead atoms. The highest BCUT2D eigenvalue weighted by Gasteiger charge is 2.08. The van der Waals surface area contributed by atoms with Gasteiger partial charge in [0.05, 0.1) is 12.7 Å². The molecule has 2 aromatic carbocycles. The number of pyridine rings is 1. The zero-order chi connectivity index (χ0) is 18.4. The van der Waals surface area contributed by atoms with Gasteiger partial charge in [0.15, 0.2) is 0 Å². The van der Waals surface area contributed by atoms with E-state index in [2.05, 4.69) is 15.6 Å². The number of benzene rings is 2. The van der Waals surface area contributed by atoms with Crippen LogP contribution in [-0.2, 0) is 6.54 Å². The molecule has 0 fully saturated rings. The number of aromatic nitrogens is 1. The van der Waals surface area contributed by atoms with E-state index in [0.717, 1.165) is 11.3 Å². The fraction of sp³-hybridized carbons (Fsp3) is 0.100.